The Morgan fingerprint density at radius 1 is 1.22 bits per heavy atom. The summed E-state index contributed by atoms with van der Waals surface area (Å²) in [5.41, 5.74) is 0. The molecule has 0 amide bonds. The Morgan fingerprint density at radius 2 is 2.00 bits per heavy atom. The molecule has 0 N–H and O–H groups in total. The molecule has 9 heavy (non-hydrogen) atoms. The van der Waals surface area contributed by atoms with Gasteiger partial charge in [-0.05, 0) is 6.42 Å². The number of hydrogen-bond acceptors (Lipinski definition) is 2. The van der Waals surface area contributed by atoms with Crippen LogP contribution in [-0.4, -0.2) is 32.7 Å². The Labute approximate surface area is 61.9 Å². The number of ether oxygens (including phenoxy) is 2. The fourth-order valence-corrected chi connectivity index (χ4v) is 0.584. The van der Waals surface area contributed by atoms with Gasteiger partial charge in [0.1, 0.15) is 0 Å². The first-order chi connectivity index (χ1) is 4.41. The van der Waals surface area contributed by atoms with Crippen molar-refractivity contribution in [2.75, 3.05) is 32.7 Å². The van der Waals surface area contributed by atoms with Crippen LogP contribution in [0.15, 0.2) is 0 Å². The molecule has 0 atom stereocenters. The van der Waals surface area contributed by atoms with Crippen LogP contribution in [0.1, 0.15) is 6.42 Å². The van der Waals surface area contributed by atoms with E-state index in [1.807, 2.05) is 0 Å². The minimum Gasteiger partial charge on any atom is -0.385 e. The number of rotatable bonds is 6. The van der Waals surface area contributed by atoms with Crippen LogP contribution < -0.4 is 0 Å². The minimum atomic E-state index is 0.687. The molecule has 0 rings (SSSR count). The topological polar surface area (TPSA) is 18.5 Å². The molecule has 0 aromatic heterocycles. The van der Waals surface area contributed by atoms with Crippen LogP contribution in [0.3, 0.4) is 0 Å². The lowest BCUT2D eigenvalue weighted by Gasteiger charge is -1.99. The van der Waals surface area contributed by atoms with Gasteiger partial charge in [-0.1, -0.05) is 12.6 Å². The number of hydrogen-bond donors (Lipinski definition) is 0. The standard InChI is InChI=1S/C6H13O2S/c1-7-3-2-4-8-5-6-9/h2-6H2,1H3. The van der Waals surface area contributed by atoms with Gasteiger partial charge in [0, 0.05) is 26.1 Å². The van der Waals surface area contributed by atoms with Crippen LogP contribution in [-0.2, 0) is 9.47 Å². The summed E-state index contributed by atoms with van der Waals surface area (Å²) in [4.78, 5) is 0. The van der Waals surface area contributed by atoms with E-state index in [0.717, 1.165) is 19.6 Å². The van der Waals surface area contributed by atoms with Crippen LogP contribution in [0.5, 0.6) is 0 Å². The molecule has 0 bridgehead atoms. The van der Waals surface area contributed by atoms with Crippen LogP contribution in [0.2, 0.25) is 0 Å². The molecule has 0 unspecified atom stereocenters. The van der Waals surface area contributed by atoms with Crippen LogP contribution >= 0.6 is 12.6 Å². The maximum atomic E-state index is 5.10. The monoisotopic (exact) mass is 149 g/mol. The van der Waals surface area contributed by atoms with Gasteiger partial charge < -0.3 is 9.47 Å². The Balaban J connectivity index is 2.60. The lowest BCUT2D eigenvalue weighted by Crippen LogP contribution is -2.00. The zero-order valence-corrected chi connectivity index (χ0v) is 6.58. The Hall–Kier alpha value is 0.270. The summed E-state index contributed by atoms with van der Waals surface area (Å²) < 4.78 is 9.92. The molecule has 0 fully saturated rings. The van der Waals surface area contributed by atoms with Crippen molar-refractivity contribution in [3.05, 3.63) is 0 Å². The molecule has 0 aromatic rings. The first kappa shape index (κ1) is 9.27. The lowest BCUT2D eigenvalue weighted by atomic mass is 10.5. The largest absolute Gasteiger partial charge is 0.385 e. The highest BCUT2D eigenvalue weighted by molar-refractivity contribution is 7.80. The fourth-order valence-electron chi connectivity index (χ4n) is 0.466. The summed E-state index contributed by atoms with van der Waals surface area (Å²) in [5, 5.41) is 0. The Morgan fingerprint density at radius 3 is 2.56 bits per heavy atom. The predicted octanol–water partition coefficient (Wildman–Crippen LogP) is 1.24. The average molecular weight is 149 g/mol. The summed E-state index contributed by atoms with van der Waals surface area (Å²) in [6.45, 7) is 2.24. The van der Waals surface area contributed by atoms with E-state index in [1.165, 1.54) is 0 Å². The molecular formula is C6H13O2S. The van der Waals surface area contributed by atoms with Crippen molar-refractivity contribution in [3.63, 3.8) is 0 Å². The average Bonchev–Trinajstić information content (AvgIpc) is 1.89. The molecule has 0 aliphatic carbocycles. The maximum absolute atomic E-state index is 5.10. The van der Waals surface area contributed by atoms with E-state index in [9.17, 15) is 0 Å². The van der Waals surface area contributed by atoms with E-state index in [0.29, 0.717) is 12.4 Å². The van der Waals surface area contributed by atoms with Crippen molar-refractivity contribution in [2.45, 2.75) is 6.42 Å². The number of methoxy groups -OCH3 is 1. The molecule has 0 spiro atoms. The highest BCUT2D eigenvalue weighted by Crippen LogP contribution is 1.83. The summed E-state index contributed by atoms with van der Waals surface area (Å²) in [6.07, 6.45) is 0.964. The van der Waals surface area contributed by atoms with Crippen LogP contribution in [0.4, 0.5) is 0 Å². The highest BCUT2D eigenvalue weighted by Gasteiger charge is 1.85. The molecule has 0 heterocycles. The van der Waals surface area contributed by atoms with Crippen molar-refractivity contribution < 1.29 is 9.47 Å². The first-order valence-electron chi connectivity index (χ1n) is 3.06. The van der Waals surface area contributed by atoms with Gasteiger partial charge in [0.15, 0.2) is 0 Å². The van der Waals surface area contributed by atoms with E-state index in [1.54, 1.807) is 7.11 Å². The second-order valence-electron chi connectivity index (χ2n) is 1.66. The quantitative estimate of drug-likeness (QED) is 0.529. The van der Waals surface area contributed by atoms with E-state index in [2.05, 4.69) is 12.6 Å². The SMILES string of the molecule is COCCCOCC[S]. The molecule has 0 saturated heterocycles. The fraction of sp³-hybridized carbons (Fsp3) is 1.00. The smallest absolute Gasteiger partial charge is 0.0565 e. The summed E-state index contributed by atoms with van der Waals surface area (Å²) in [7, 11) is 1.69. The van der Waals surface area contributed by atoms with Crippen molar-refractivity contribution in [1.82, 2.24) is 0 Å². The van der Waals surface area contributed by atoms with E-state index in [-0.39, 0.29) is 0 Å². The normalized spacial score (nSPS) is 10.0. The van der Waals surface area contributed by atoms with Crippen molar-refractivity contribution in [2.24, 2.45) is 0 Å². The van der Waals surface area contributed by atoms with Gasteiger partial charge in [0.05, 0.1) is 6.61 Å². The maximum Gasteiger partial charge on any atom is 0.0565 e. The van der Waals surface area contributed by atoms with Gasteiger partial charge in [-0.25, -0.2) is 0 Å². The third kappa shape index (κ3) is 8.27. The first-order valence-corrected chi connectivity index (χ1v) is 3.64. The zero-order chi connectivity index (χ0) is 6.95. The van der Waals surface area contributed by atoms with Crippen LogP contribution in [0.25, 0.3) is 0 Å². The second kappa shape index (κ2) is 8.27. The molecule has 0 aliphatic rings. The van der Waals surface area contributed by atoms with E-state index in [4.69, 9.17) is 9.47 Å². The minimum absolute atomic E-state index is 0.687. The molecule has 0 aromatic carbocycles. The summed E-state index contributed by atoms with van der Waals surface area (Å²) in [6, 6.07) is 0. The van der Waals surface area contributed by atoms with Gasteiger partial charge in [-0.3, -0.25) is 0 Å². The lowest BCUT2D eigenvalue weighted by molar-refractivity contribution is 0.113. The molecule has 2 nitrogen and oxygen atoms in total. The van der Waals surface area contributed by atoms with Crippen molar-refractivity contribution in [1.29, 1.82) is 0 Å². The van der Waals surface area contributed by atoms with Crippen molar-refractivity contribution in [3.8, 4) is 0 Å². The van der Waals surface area contributed by atoms with Gasteiger partial charge in [-0.2, -0.15) is 0 Å². The van der Waals surface area contributed by atoms with Gasteiger partial charge in [0.25, 0.3) is 0 Å². The van der Waals surface area contributed by atoms with Gasteiger partial charge in [0.2, 0.25) is 0 Å². The van der Waals surface area contributed by atoms with E-state index >= 15 is 0 Å². The summed E-state index contributed by atoms with van der Waals surface area (Å²) >= 11 is 4.67. The molecule has 0 saturated carbocycles. The molecule has 1 radical (unpaired) electrons. The van der Waals surface area contributed by atoms with Gasteiger partial charge in [-0.15, -0.1) is 0 Å². The third-order valence-corrected chi connectivity index (χ3v) is 1.03. The van der Waals surface area contributed by atoms with Crippen molar-refractivity contribution >= 4 is 12.6 Å². The molecule has 3 heteroatoms. The Bertz CT molecular complexity index is 44.3. The highest BCUT2D eigenvalue weighted by atomic mass is 32.1. The summed E-state index contributed by atoms with van der Waals surface area (Å²) in [5.74, 6) is 0.687. The second-order valence-corrected chi connectivity index (χ2v) is 2.07. The Kier molecular flexibility index (Phi) is 8.52. The molecule has 55 valence electrons. The molecule has 0 aliphatic heterocycles. The third-order valence-electron chi connectivity index (χ3n) is 0.865. The molecular weight excluding hydrogens is 136 g/mol. The van der Waals surface area contributed by atoms with E-state index < -0.39 is 0 Å². The van der Waals surface area contributed by atoms with Crippen LogP contribution in [0, 0.1) is 0 Å². The van der Waals surface area contributed by atoms with Gasteiger partial charge >= 0.3 is 0 Å². The predicted molar refractivity (Wildman–Crippen MR) is 39.8 cm³/mol. The zero-order valence-electron chi connectivity index (χ0n) is 5.76.